The monoisotopic (exact) mass is 620 g/mol. The molecule has 0 unspecified atom stereocenters. The van der Waals surface area contributed by atoms with Crippen LogP contribution in [0.5, 0.6) is 0 Å². The molecule has 0 atom stereocenters. The third-order valence-corrected chi connectivity index (χ3v) is 8.52. The quantitative estimate of drug-likeness (QED) is 0.172. The van der Waals surface area contributed by atoms with Gasteiger partial charge in [0.25, 0.3) is 0 Å². The van der Waals surface area contributed by atoms with Crippen molar-refractivity contribution in [2.24, 2.45) is 0 Å². The molecule has 1 aliphatic rings. The first-order valence-electron chi connectivity index (χ1n) is 13.7. The first-order valence-corrected chi connectivity index (χ1v) is 14.9. The Morgan fingerprint density at radius 2 is 1.05 bits per heavy atom. The summed E-state index contributed by atoms with van der Waals surface area (Å²) in [5.74, 6) is 0. The molecule has 0 aliphatic heterocycles. The van der Waals surface area contributed by atoms with E-state index in [1.165, 1.54) is 76.8 Å². The summed E-state index contributed by atoms with van der Waals surface area (Å²) in [6, 6.07) is 51.0. The van der Waals surface area contributed by atoms with Gasteiger partial charge in [0.15, 0.2) is 0 Å². The zero-order valence-corrected chi connectivity index (χ0v) is 27.3. The van der Waals surface area contributed by atoms with Crippen molar-refractivity contribution in [2.75, 3.05) is 0 Å². The van der Waals surface area contributed by atoms with Crippen molar-refractivity contribution in [1.82, 2.24) is 0 Å². The SMILES string of the molecule is CC1=C(Cc2ccccc2)C[C-]=C1.[CH3-].[CH3-].[Zr]=[C](c1ccccc1)c1ccccc1.c1ccc2c(c1)[cH-]c1ccccc12. The van der Waals surface area contributed by atoms with Gasteiger partial charge in [0.2, 0.25) is 0 Å². The van der Waals surface area contributed by atoms with Crippen molar-refractivity contribution >= 4 is 24.8 Å². The van der Waals surface area contributed by atoms with Crippen molar-refractivity contribution in [3.63, 3.8) is 0 Å². The van der Waals surface area contributed by atoms with E-state index in [9.17, 15) is 0 Å². The van der Waals surface area contributed by atoms with Crippen molar-refractivity contribution in [3.8, 4) is 0 Å². The molecule has 0 saturated carbocycles. The molecule has 0 nitrogen and oxygen atoms in total. The molecule has 1 aliphatic carbocycles. The minimum Gasteiger partial charge on any atom is -0.126 e. The van der Waals surface area contributed by atoms with Crippen LogP contribution in [0.3, 0.4) is 0 Å². The van der Waals surface area contributed by atoms with Gasteiger partial charge >= 0.3 is 99.2 Å². The van der Waals surface area contributed by atoms with Gasteiger partial charge in [-0.05, 0) is 12.0 Å². The van der Waals surface area contributed by atoms with Crippen molar-refractivity contribution in [1.29, 1.82) is 0 Å². The predicted molar refractivity (Wildman–Crippen MR) is 181 cm³/mol. The molecular formula is C41H38Zr-4. The summed E-state index contributed by atoms with van der Waals surface area (Å²) in [6.45, 7) is 2.16. The van der Waals surface area contributed by atoms with Gasteiger partial charge in [0.1, 0.15) is 0 Å². The summed E-state index contributed by atoms with van der Waals surface area (Å²) < 4.78 is 1.42. The summed E-state index contributed by atoms with van der Waals surface area (Å²) in [7, 11) is 0. The molecule has 1 heteroatoms. The summed E-state index contributed by atoms with van der Waals surface area (Å²) in [5.41, 5.74) is 6.96. The van der Waals surface area contributed by atoms with Crippen LogP contribution in [0.25, 0.3) is 21.5 Å². The van der Waals surface area contributed by atoms with Gasteiger partial charge in [-0.15, -0.1) is 53.1 Å². The first kappa shape index (κ1) is 32.7. The summed E-state index contributed by atoms with van der Waals surface area (Å²) in [5, 5.41) is 5.39. The molecule has 0 fully saturated rings. The Kier molecular flexibility index (Phi) is 12.9. The van der Waals surface area contributed by atoms with E-state index in [0.717, 1.165) is 12.8 Å². The fraction of sp³-hybridized carbons (Fsp3) is 0.0732. The fourth-order valence-corrected chi connectivity index (χ4v) is 5.71. The second kappa shape index (κ2) is 16.6. The minimum atomic E-state index is 0. The molecule has 0 radical (unpaired) electrons. The normalized spacial score (nSPS) is 11.4. The molecule has 0 aromatic heterocycles. The molecule has 210 valence electrons. The molecule has 0 heterocycles. The van der Waals surface area contributed by atoms with E-state index in [1.54, 1.807) is 0 Å². The van der Waals surface area contributed by atoms with Gasteiger partial charge in [-0.3, -0.25) is 6.08 Å². The number of benzene rings is 5. The Morgan fingerprint density at radius 1 is 0.619 bits per heavy atom. The van der Waals surface area contributed by atoms with E-state index in [-0.39, 0.29) is 14.9 Å². The Morgan fingerprint density at radius 3 is 1.50 bits per heavy atom. The minimum absolute atomic E-state index is 0. The number of hydrogen-bond donors (Lipinski definition) is 0. The number of hydrogen-bond acceptors (Lipinski definition) is 0. The van der Waals surface area contributed by atoms with Gasteiger partial charge < -0.3 is 14.9 Å². The maximum atomic E-state index is 3.24. The zero-order valence-electron chi connectivity index (χ0n) is 24.8. The molecule has 7 rings (SSSR count). The van der Waals surface area contributed by atoms with Gasteiger partial charge in [-0.25, -0.2) is 11.6 Å². The zero-order chi connectivity index (χ0) is 27.6. The van der Waals surface area contributed by atoms with E-state index in [2.05, 4.69) is 165 Å². The molecule has 0 bridgehead atoms. The number of rotatable bonds is 4. The Bertz CT molecular complexity index is 1640. The standard InChI is InChI=1S/C13H9.C13H13.C13H10.2CH3.Zr/c1-3-7-12-10(5-1)9-11-6-2-4-8-13(11)12;1-11-6-5-9-13(11)10-12-7-3-2-4-8-12;1-3-7-12(8-4-1)11-13-9-5-2-6-10-13;;;/h1-9H;2-4,6-8H,9-10H2,1H3;1-10H;2*1H3;/q2*-1;;2*-1;. The average Bonchev–Trinajstić information content (AvgIpc) is 3.61. The van der Waals surface area contributed by atoms with Gasteiger partial charge in [0, 0.05) is 0 Å². The van der Waals surface area contributed by atoms with Crippen molar-refractivity contribution in [2.45, 2.75) is 19.8 Å². The molecule has 6 aromatic rings. The van der Waals surface area contributed by atoms with Crippen LogP contribution in [0.15, 0.2) is 163 Å². The van der Waals surface area contributed by atoms with E-state index in [4.69, 9.17) is 0 Å². The van der Waals surface area contributed by atoms with Gasteiger partial charge in [-0.2, -0.15) is 5.57 Å². The topological polar surface area (TPSA) is 0 Å². The summed E-state index contributed by atoms with van der Waals surface area (Å²) in [4.78, 5) is 0. The fourth-order valence-electron chi connectivity index (χ4n) is 4.89. The molecule has 0 N–H and O–H groups in total. The van der Waals surface area contributed by atoms with Crippen LogP contribution in [0.1, 0.15) is 30.0 Å². The van der Waals surface area contributed by atoms with Crippen LogP contribution >= 0.6 is 0 Å². The predicted octanol–water partition coefficient (Wildman–Crippen LogP) is 10.7. The van der Waals surface area contributed by atoms with E-state index >= 15 is 0 Å². The smallest absolute Gasteiger partial charge is 0.0771 e. The molecule has 0 spiro atoms. The average molecular weight is 622 g/mol. The second-order valence-electron chi connectivity index (χ2n) is 9.90. The van der Waals surface area contributed by atoms with Crippen molar-refractivity contribution in [3.05, 3.63) is 200 Å². The van der Waals surface area contributed by atoms with E-state index in [1.807, 2.05) is 0 Å². The largest absolute Gasteiger partial charge is 0.126 e. The molecular weight excluding hydrogens is 584 g/mol. The van der Waals surface area contributed by atoms with Crippen LogP contribution < -0.4 is 0 Å². The Balaban J connectivity index is 0.000000169. The van der Waals surface area contributed by atoms with Crippen LogP contribution in [-0.2, 0) is 30.7 Å². The van der Waals surface area contributed by atoms with Crippen LogP contribution in [0, 0.1) is 20.9 Å². The molecule has 0 saturated heterocycles. The maximum Gasteiger partial charge on any atom is -0.0771 e. The summed E-state index contributed by atoms with van der Waals surface area (Å²) in [6.07, 6.45) is 7.43. The third kappa shape index (κ3) is 8.61. The van der Waals surface area contributed by atoms with Crippen molar-refractivity contribution < 1.29 is 24.2 Å². The van der Waals surface area contributed by atoms with Crippen LogP contribution in [-0.4, -0.2) is 3.21 Å². The third-order valence-electron chi connectivity index (χ3n) is 7.10. The number of fused-ring (bicyclic) bond motifs is 3. The number of allylic oxidation sites excluding steroid dienone is 4. The van der Waals surface area contributed by atoms with E-state index < -0.39 is 0 Å². The Hall–Kier alpha value is -3.80. The second-order valence-corrected chi connectivity index (χ2v) is 11.1. The summed E-state index contributed by atoms with van der Waals surface area (Å²) >= 11 is 1.46. The van der Waals surface area contributed by atoms with Crippen LogP contribution in [0.2, 0.25) is 0 Å². The van der Waals surface area contributed by atoms with Gasteiger partial charge in [0.05, 0.1) is 0 Å². The maximum absolute atomic E-state index is 3.24. The molecule has 6 aromatic carbocycles. The van der Waals surface area contributed by atoms with Crippen LogP contribution in [0.4, 0.5) is 0 Å². The molecule has 42 heavy (non-hydrogen) atoms. The Labute approximate surface area is 267 Å². The van der Waals surface area contributed by atoms with Gasteiger partial charge in [-0.1, -0.05) is 66.7 Å². The van der Waals surface area contributed by atoms with E-state index in [0.29, 0.717) is 0 Å². The first-order chi connectivity index (χ1) is 19.7. The molecule has 0 amide bonds.